The van der Waals surface area contributed by atoms with Crippen molar-refractivity contribution in [1.29, 1.82) is 0 Å². The summed E-state index contributed by atoms with van der Waals surface area (Å²) in [7, 11) is -4.03. The third-order valence-corrected chi connectivity index (χ3v) is 11.5. The highest BCUT2D eigenvalue weighted by Crippen LogP contribution is 2.53. The first-order valence-electron chi connectivity index (χ1n) is 18.4. The molecule has 0 aliphatic rings. The number of benzene rings is 8. The van der Waals surface area contributed by atoms with Gasteiger partial charge in [-0.1, -0.05) is 133 Å². The molecule has 0 aliphatic carbocycles. The molecule has 0 saturated carbocycles. The molecule has 0 bridgehead atoms. The molecule has 0 atom stereocenters. The molecule has 0 fully saturated rings. The second kappa shape index (κ2) is 16.8. The Kier molecular flexibility index (Phi) is 11.0. The molecule has 56 heavy (non-hydrogen) atoms. The van der Waals surface area contributed by atoms with Crippen LogP contribution in [0.5, 0.6) is 34.5 Å². The molecular formula is C48H40O6P2. The Morgan fingerprint density at radius 1 is 0.268 bits per heavy atom. The van der Waals surface area contributed by atoms with Crippen molar-refractivity contribution in [2.24, 2.45) is 0 Å². The predicted octanol–water partition coefficient (Wildman–Crippen LogP) is 14.4. The molecule has 0 aliphatic heterocycles. The van der Waals surface area contributed by atoms with Gasteiger partial charge in [-0.25, -0.2) is 0 Å². The van der Waals surface area contributed by atoms with Gasteiger partial charge in [0.1, 0.15) is 34.5 Å². The first-order valence-corrected chi connectivity index (χ1v) is 20.5. The van der Waals surface area contributed by atoms with Crippen molar-refractivity contribution in [2.75, 3.05) is 0 Å². The van der Waals surface area contributed by atoms with Crippen molar-refractivity contribution < 1.29 is 27.1 Å². The lowest BCUT2D eigenvalue weighted by Gasteiger charge is -2.24. The van der Waals surface area contributed by atoms with E-state index < -0.39 is 17.2 Å². The highest BCUT2D eigenvalue weighted by Gasteiger charge is 2.29. The van der Waals surface area contributed by atoms with Gasteiger partial charge in [0.2, 0.25) is 0 Å². The van der Waals surface area contributed by atoms with Gasteiger partial charge in [-0.3, -0.25) is 0 Å². The van der Waals surface area contributed by atoms with Gasteiger partial charge >= 0.3 is 17.2 Å². The Morgan fingerprint density at radius 2 is 0.536 bits per heavy atom. The van der Waals surface area contributed by atoms with Gasteiger partial charge in [0.15, 0.2) is 0 Å². The second-order valence-corrected chi connectivity index (χ2v) is 15.4. The van der Waals surface area contributed by atoms with Crippen LogP contribution in [0.3, 0.4) is 0 Å². The lowest BCUT2D eigenvalue weighted by molar-refractivity contribution is 0.384. The van der Waals surface area contributed by atoms with Gasteiger partial charge in [-0.05, 0) is 108 Å². The SMILES string of the molecule is Cc1ccccc1OP(Oc1ccccc1C)Oc1ccc2ccccc2c1-c1c(OP(Oc2ccccc2C)Oc2ccccc2C)ccc2ccccc12. The zero-order valence-electron chi connectivity index (χ0n) is 31.5. The lowest BCUT2D eigenvalue weighted by atomic mass is 9.92. The van der Waals surface area contributed by atoms with E-state index in [-0.39, 0.29) is 0 Å². The number of aryl methyl sites for hydroxylation is 4. The molecule has 0 amide bonds. The highest BCUT2D eigenvalue weighted by atomic mass is 31.2. The Hall–Kier alpha value is -6.06. The average molecular weight is 775 g/mol. The van der Waals surface area contributed by atoms with Crippen molar-refractivity contribution in [3.63, 3.8) is 0 Å². The Morgan fingerprint density at radius 3 is 0.857 bits per heavy atom. The van der Waals surface area contributed by atoms with Crippen LogP contribution in [-0.4, -0.2) is 0 Å². The van der Waals surface area contributed by atoms with Crippen LogP contribution in [0.2, 0.25) is 0 Å². The first-order chi connectivity index (χ1) is 27.4. The van der Waals surface area contributed by atoms with Crippen LogP contribution in [0.25, 0.3) is 32.7 Å². The molecule has 8 aromatic rings. The fourth-order valence-electron chi connectivity index (χ4n) is 6.40. The van der Waals surface area contributed by atoms with E-state index in [9.17, 15) is 0 Å². The molecule has 8 aromatic carbocycles. The number of hydrogen-bond acceptors (Lipinski definition) is 6. The Bertz CT molecular complexity index is 2370. The van der Waals surface area contributed by atoms with Crippen LogP contribution in [0.15, 0.2) is 170 Å². The molecule has 278 valence electrons. The van der Waals surface area contributed by atoms with Crippen LogP contribution < -0.4 is 27.1 Å². The van der Waals surface area contributed by atoms with Crippen LogP contribution >= 0.6 is 17.2 Å². The van der Waals surface area contributed by atoms with E-state index in [0.29, 0.717) is 34.5 Å². The van der Waals surface area contributed by atoms with Gasteiger partial charge in [-0.2, -0.15) is 0 Å². The summed E-state index contributed by atoms with van der Waals surface area (Å²) in [6.45, 7) is 8.03. The standard InChI is InChI=1S/C48H40O6P2/c1-33-17-5-13-25-41(33)49-55(50-42-26-14-6-18-34(42)2)53-45-31-29-37-21-9-11-23-39(37)47(45)48-40-24-12-10-22-38(40)30-32-46(48)54-56(51-43-27-15-7-19-35(43)3)52-44-28-16-8-20-36(44)4/h5-32H,1-4H3. The van der Waals surface area contributed by atoms with Crippen LogP contribution in [-0.2, 0) is 0 Å². The maximum absolute atomic E-state index is 6.97. The number of rotatable bonds is 13. The fourth-order valence-corrected chi connectivity index (χ4v) is 8.71. The minimum absolute atomic E-state index is 0.571. The van der Waals surface area contributed by atoms with E-state index in [4.69, 9.17) is 27.1 Å². The lowest BCUT2D eigenvalue weighted by Crippen LogP contribution is -2.06. The Balaban J connectivity index is 1.29. The Labute approximate surface area is 330 Å². The average Bonchev–Trinajstić information content (AvgIpc) is 3.21. The summed E-state index contributed by atoms with van der Waals surface area (Å²) in [5, 5.41) is 4.01. The zero-order valence-corrected chi connectivity index (χ0v) is 33.3. The number of para-hydroxylation sites is 4. The van der Waals surface area contributed by atoms with Gasteiger partial charge in [0.05, 0.1) is 0 Å². The third kappa shape index (κ3) is 8.14. The summed E-state index contributed by atoms with van der Waals surface area (Å²) in [4.78, 5) is 0. The molecule has 0 unspecified atom stereocenters. The third-order valence-electron chi connectivity index (χ3n) is 9.44. The quantitative estimate of drug-likeness (QED) is 0.109. The van der Waals surface area contributed by atoms with Crippen LogP contribution in [0, 0.1) is 27.7 Å². The molecule has 0 spiro atoms. The molecular weight excluding hydrogens is 734 g/mol. The van der Waals surface area contributed by atoms with Crippen molar-refractivity contribution in [3.05, 3.63) is 192 Å². The van der Waals surface area contributed by atoms with E-state index in [1.807, 2.05) is 161 Å². The monoisotopic (exact) mass is 774 g/mol. The van der Waals surface area contributed by atoms with E-state index in [0.717, 1.165) is 54.9 Å². The van der Waals surface area contributed by atoms with Crippen LogP contribution in [0.1, 0.15) is 22.3 Å². The van der Waals surface area contributed by atoms with Crippen molar-refractivity contribution in [3.8, 4) is 45.6 Å². The van der Waals surface area contributed by atoms with E-state index in [1.165, 1.54) is 0 Å². The minimum Gasteiger partial charge on any atom is -0.408 e. The molecule has 0 heterocycles. The minimum atomic E-state index is -2.01. The summed E-state index contributed by atoms with van der Waals surface area (Å²) < 4.78 is 40.3. The summed E-state index contributed by atoms with van der Waals surface area (Å²) in [5.41, 5.74) is 5.52. The van der Waals surface area contributed by atoms with Crippen molar-refractivity contribution in [2.45, 2.75) is 27.7 Å². The summed E-state index contributed by atoms with van der Waals surface area (Å²) in [6.07, 6.45) is 0. The molecule has 0 saturated heterocycles. The molecule has 8 rings (SSSR count). The predicted molar refractivity (Wildman–Crippen MR) is 229 cm³/mol. The van der Waals surface area contributed by atoms with Crippen molar-refractivity contribution in [1.82, 2.24) is 0 Å². The maximum Gasteiger partial charge on any atom is 0.530 e. The molecule has 6 nitrogen and oxygen atoms in total. The van der Waals surface area contributed by atoms with Crippen molar-refractivity contribution >= 4 is 38.7 Å². The van der Waals surface area contributed by atoms with E-state index in [1.54, 1.807) is 0 Å². The summed E-state index contributed by atoms with van der Waals surface area (Å²) in [6, 6.07) is 56.1. The summed E-state index contributed by atoms with van der Waals surface area (Å²) in [5.74, 6) is 3.85. The second-order valence-electron chi connectivity index (χ2n) is 13.4. The number of fused-ring (bicyclic) bond motifs is 2. The topological polar surface area (TPSA) is 55.4 Å². The van der Waals surface area contributed by atoms with Crippen LogP contribution in [0.4, 0.5) is 0 Å². The van der Waals surface area contributed by atoms with Gasteiger partial charge in [-0.15, -0.1) is 0 Å². The molecule has 8 heteroatoms. The van der Waals surface area contributed by atoms with Gasteiger partial charge in [0.25, 0.3) is 0 Å². The largest absolute Gasteiger partial charge is 0.530 e. The maximum atomic E-state index is 6.97. The highest BCUT2D eigenvalue weighted by molar-refractivity contribution is 7.43. The van der Waals surface area contributed by atoms with Gasteiger partial charge in [0, 0.05) is 11.1 Å². The normalized spacial score (nSPS) is 11.2. The fraction of sp³-hybridized carbons (Fsp3) is 0.0833. The molecule has 0 radical (unpaired) electrons. The number of hydrogen-bond donors (Lipinski definition) is 0. The first kappa shape index (κ1) is 36.9. The van der Waals surface area contributed by atoms with E-state index >= 15 is 0 Å². The molecule has 0 N–H and O–H groups in total. The smallest absolute Gasteiger partial charge is 0.408 e. The van der Waals surface area contributed by atoms with Gasteiger partial charge < -0.3 is 27.1 Å². The zero-order chi connectivity index (χ0) is 38.4. The van der Waals surface area contributed by atoms with E-state index in [2.05, 4.69) is 36.4 Å². The summed E-state index contributed by atoms with van der Waals surface area (Å²) >= 11 is 0. The molecule has 0 aromatic heterocycles.